The standard InChI is InChI=1S/C8H8O5S.Na/c1-6(9)13-7-4-2-3-5-8(7)14(10,11)12;/h2-5H,1H3,(H,10,11,12);. The van der Waals surface area contributed by atoms with Gasteiger partial charge < -0.3 is 4.74 Å². The van der Waals surface area contributed by atoms with Crippen LogP contribution in [0.1, 0.15) is 6.92 Å². The van der Waals surface area contributed by atoms with Crippen LogP contribution in [0.25, 0.3) is 0 Å². The number of para-hydroxylation sites is 1. The molecule has 0 fully saturated rings. The van der Waals surface area contributed by atoms with E-state index in [4.69, 9.17) is 4.55 Å². The molecule has 0 aliphatic rings. The van der Waals surface area contributed by atoms with E-state index in [0.29, 0.717) is 0 Å². The van der Waals surface area contributed by atoms with Gasteiger partial charge in [0.05, 0.1) is 0 Å². The fourth-order valence-electron chi connectivity index (χ4n) is 0.902. The second-order valence-corrected chi connectivity index (χ2v) is 3.91. The Morgan fingerprint density at radius 2 is 1.87 bits per heavy atom. The van der Waals surface area contributed by atoms with Crippen LogP contribution >= 0.6 is 0 Å². The van der Waals surface area contributed by atoms with Crippen LogP contribution in [0.3, 0.4) is 0 Å². The van der Waals surface area contributed by atoms with Crippen molar-refractivity contribution in [3.05, 3.63) is 24.3 Å². The van der Waals surface area contributed by atoms with E-state index < -0.39 is 21.0 Å². The van der Waals surface area contributed by atoms with E-state index in [-0.39, 0.29) is 35.3 Å². The van der Waals surface area contributed by atoms with E-state index in [0.717, 1.165) is 13.0 Å². The molecule has 0 aromatic heterocycles. The van der Waals surface area contributed by atoms with Crippen molar-refractivity contribution in [2.75, 3.05) is 0 Å². The summed E-state index contributed by atoms with van der Waals surface area (Å²) in [5.41, 5.74) is 0. The average Bonchev–Trinajstić information content (AvgIpc) is 2.01. The van der Waals surface area contributed by atoms with Gasteiger partial charge >= 0.3 is 5.97 Å². The minimum Gasteiger partial charge on any atom is -0.425 e. The summed E-state index contributed by atoms with van der Waals surface area (Å²) in [5, 5.41) is 0. The van der Waals surface area contributed by atoms with Crippen LogP contribution < -0.4 is 4.74 Å². The Labute approximate surface area is 109 Å². The fourth-order valence-corrected chi connectivity index (χ4v) is 1.52. The summed E-state index contributed by atoms with van der Waals surface area (Å²) >= 11 is 0. The first-order chi connectivity index (χ1) is 6.41. The minimum absolute atomic E-state index is 0. The molecule has 1 radical (unpaired) electrons. The number of carbonyl (C=O) groups excluding carboxylic acids is 1. The number of rotatable bonds is 2. The van der Waals surface area contributed by atoms with Gasteiger partial charge in [-0.25, -0.2) is 0 Å². The van der Waals surface area contributed by atoms with Crippen molar-refractivity contribution in [3.63, 3.8) is 0 Å². The molecule has 5 nitrogen and oxygen atoms in total. The van der Waals surface area contributed by atoms with Gasteiger partial charge in [-0.15, -0.1) is 0 Å². The van der Waals surface area contributed by atoms with Gasteiger partial charge in [-0.3, -0.25) is 9.35 Å². The predicted molar refractivity (Wildman–Crippen MR) is 53.3 cm³/mol. The van der Waals surface area contributed by atoms with Crippen LogP contribution in [0.2, 0.25) is 0 Å². The molecule has 0 heterocycles. The van der Waals surface area contributed by atoms with Gasteiger partial charge in [0.15, 0.2) is 5.75 Å². The summed E-state index contributed by atoms with van der Waals surface area (Å²) in [4.78, 5) is 10.2. The Balaban J connectivity index is 0.00000196. The van der Waals surface area contributed by atoms with E-state index in [2.05, 4.69) is 4.74 Å². The third-order valence-electron chi connectivity index (χ3n) is 1.38. The zero-order chi connectivity index (χ0) is 10.8. The van der Waals surface area contributed by atoms with E-state index in [1.165, 1.54) is 18.2 Å². The summed E-state index contributed by atoms with van der Waals surface area (Å²) in [7, 11) is -4.36. The first kappa shape index (κ1) is 14.6. The topological polar surface area (TPSA) is 80.7 Å². The smallest absolute Gasteiger partial charge is 0.308 e. The maximum absolute atomic E-state index is 10.8. The molecule has 0 saturated heterocycles. The van der Waals surface area contributed by atoms with E-state index in [9.17, 15) is 13.2 Å². The average molecular weight is 239 g/mol. The molecule has 1 aromatic rings. The maximum atomic E-state index is 10.8. The molecule has 0 amide bonds. The van der Waals surface area contributed by atoms with Crippen LogP contribution in [0.5, 0.6) is 5.75 Å². The molecule has 1 rings (SSSR count). The Hall–Kier alpha value is -0.400. The summed E-state index contributed by atoms with van der Waals surface area (Å²) < 4.78 is 35.0. The number of esters is 1. The quantitative estimate of drug-likeness (QED) is 0.351. The fraction of sp³-hybridized carbons (Fsp3) is 0.125. The molecule has 7 heteroatoms. The molecular formula is C8H8NaO5S. The molecule has 1 N–H and O–H groups in total. The summed E-state index contributed by atoms with van der Waals surface area (Å²) in [6, 6.07) is 5.33. The van der Waals surface area contributed by atoms with Gasteiger partial charge in [0.25, 0.3) is 10.1 Å². The zero-order valence-corrected chi connectivity index (χ0v) is 11.1. The van der Waals surface area contributed by atoms with Crippen molar-refractivity contribution in [2.24, 2.45) is 0 Å². The Kier molecular flexibility index (Phi) is 5.47. The molecule has 77 valence electrons. The van der Waals surface area contributed by atoms with Crippen LogP contribution in [0, 0.1) is 0 Å². The molecule has 0 saturated carbocycles. The number of benzene rings is 1. The number of hydrogen-bond acceptors (Lipinski definition) is 4. The third-order valence-corrected chi connectivity index (χ3v) is 2.27. The molecule has 15 heavy (non-hydrogen) atoms. The Bertz CT molecular complexity index is 454. The van der Waals surface area contributed by atoms with Crippen LogP contribution in [0.4, 0.5) is 0 Å². The SMILES string of the molecule is CC(=O)Oc1ccccc1S(=O)(=O)O.[Na]. The van der Waals surface area contributed by atoms with Gasteiger partial charge in [-0.2, -0.15) is 8.42 Å². The molecule has 0 atom stereocenters. The molecule has 0 spiro atoms. The van der Waals surface area contributed by atoms with Crippen molar-refractivity contribution in [3.8, 4) is 5.75 Å². The summed E-state index contributed by atoms with van der Waals surface area (Å²) in [6.45, 7) is 1.14. The maximum Gasteiger partial charge on any atom is 0.308 e. The minimum atomic E-state index is -4.36. The third kappa shape index (κ3) is 4.31. The second-order valence-electron chi connectivity index (χ2n) is 2.52. The Morgan fingerprint density at radius 1 is 1.33 bits per heavy atom. The van der Waals surface area contributed by atoms with Gasteiger partial charge in [-0.1, -0.05) is 12.1 Å². The van der Waals surface area contributed by atoms with Crippen molar-refractivity contribution in [1.29, 1.82) is 0 Å². The first-order valence-corrected chi connectivity index (χ1v) is 5.10. The van der Waals surface area contributed by atoms with Crippen LogP contribution in [0.15, 0.2) is 29.2 Å². The van der Waals surface area contributed by atoms with Gasteiger partial charge in [0.2, 0.25) is 0 Å². The largest absolute Gasteiger partial charge is 0.425 e. The van der Waals surface area contributed by atoms with Crippen molar-refractivity contribution < 1.29 is 22.5 Å². The van der Waals surface area contributed by atoms with Gasteiger partial charge in [0.1, 0.15) is 4.90 Å². The molecular weight excluding hydrogens is 231 g/mol. The van der Waals surface area contributed by atoms with Crippen molar-refractivity contribution in [1.82, 2.24) is 0 Å². The monoisotopic (exact) mass is 239 g/mol. The van der Waals surface area contributed by atoms with E-state index in [1.54, 1.807) is 0 Å². The molecule has 0 aliphatic heterocycles. The first-order valence-electron chi connectivity index (χ1n) is 3.66. The van der Waals surface area contributed by atoms with E-state index >= 15 is 0 Å². The zero-order valence-electron chi connectivity index (χ0n) is 8.30. The molecule has 1 aromatic carbocycles. The van der Waals surface area contributed by atoms with Crippen LogP contribution in [-0.4, -0.2) is 48.5 Å². The number of ether oxygens (including phenoxy) is 1. The van der Waals surface area contributed by atoms with Gasteiger partial charge in [0, 0.05) is 36.5 Å². The van der Waals surface area contributed by atoms with Crippen LogP contribution in [-0.2, 0) is 14.9 Å². The Morgan fingerprint density at radius 3 is 2.33 bits per heavy atom. The molecule has 0 unspecified atom stereocenters. The molecule has 0 bridgehead atoms. The van der Waals surface area contributed by atoms with Gasteiger partial charge in [-0.05, 0) is 12.1 Å². The van der Waals surface area contributed by atoms with Crippen molar-refractivity contribution in [2.45, 2.75) is 11.8 Å². The number of hydrogen-bond donors (Lipinski definition) is 1. The second kappa shape index (κ2) is 5.62. The predicted octanol–water partition coefficient (Wildman–Crippen LogP) is 0.478. The summed E-state index contributed by atoms with van der Waals surface area (Å²) in [6.07, 6.45) is 0. The summed E-state index contributed by atoms with van der Waals surface area (Å²) in [5.74, 6) is -0.830. The normalized spacial score (nSPS) is 10.3. The number of carbonyl (C=O) groups is 1. The van der Waals surface area contributed by atoms with Crippen molar-refractivity contribution >= 4 is 45.6 Å². The van der Waals surface area contributed by atoms with E-state index in [1.807, 2.05) is 0 Å². The molecule has 0 aliphatic carbocycles.